The number of carbonyl (C=O) groups is 2. The maximum absolute atomic E-state index is 14.2. The summed E-state index contributed by atoms with van der Waals surface area (Å²) < 4.78 is 14.2. The predicted octanol–water partition coefficient (Wildman–Crippen LogP) is 2.62. The fourth-order valence-electron chi connectivity index (χ4n) is 3.19. The molecule has 2 amide bonds. The van der Waals surface area contributed by atoms with Crippen molar-refractivity contribution in [3.8, 4) is 0 Å². The van der Waals surface area contributed by atoms with Gasteiger partial charge in [-0.05, 0) is 42.6 Å². The number of fused-ring (bicyclic) bond motifs is 1. The number of anilines is 1. The molecule has 1 aliphatic rings. The highest BCUT2D eigenvalue weighted by Crippen LogP contribution is 2.30. The van der Waals surface area contributed by atoms with Crippen molar-refractivity contribution in [1.82, 2.24) is 10.6 Å². The van der Waals surface area contributed by atoms with Gasteiger partial charge in [0, 0.05) is 6.54 Å². The smallest absolute Gasteiger partial charge is 0.247 e. The molecule has 0 aromatic heterocycles. The molecule has 1 aliphatic heterocycles. The van der Waals surface area contributed by atoms with Gasteiger partial charge in [-0.2, -0.15) is 0 Å². The zero-order chi connectivity index (χ0) is 21.0. The van der Waals surface area contributed by atoms with Crippen molar-refractivity contribution in [2.75, 3.05) is 11.9 Å². The SMILES string of the molecule is NCC[C@H](NC(=O)[C@@H]1Cc2ccccc2CN1)C(=O)Nc1ccc(Cl)c(Cl)c1F. The minimum atomic E-state index is -0.916. The molecule has 0 spiro atoms. The second-order valence-electron chi connectivity index (χ2n) is 6.76. The second kappa shape index (κ2) is 9.54. The summed E-state index contributed by atoms with van der Waals surface area (Å²) in [5.74, 6) is -1.74. The van der Waals surface area contributed by atoms with Gasteiger partial charge in [-0.15, -0.1) is 0 Å². The highest BCUT2D eigenvalue weighted by atomic mass is 35.5. The Kier molecular flexibility index (Phi) is 7.08. The number of carbonyl (C=O) groups excluding carboxylic acids is 2. The van der Waals surface area contributed by atoms with Crippen molar-refractivity contribution in [1.29, 1.82) is 0 Å². The molecule has 154 valence electrons. The summed E-state index contributed by atoms with van der Waals surface area (Å²) in [6.45, 7) is 0.736. The van der Waals surface area contributed by atoms with E-state index in [9.17, 15) is 14.0 Å². The van der Waals surface area contributed by atoms with Gasteiger partial charge in [0.25, 0.3) is 0 Å². The summed E-state index contributed by atoms with van der Waals surface area (Å²) >= 11 is 11.5. The van der Waals surface area contributed by atoms with Gasteiger partial charge >= 0.3 is 0 Å². The van der Waals surface area contributed by atoms with Crippen LogP contribution in [0.3, 0.4) is 0 Å². The summed E-state index contributed by atoms with van der Waals surface area (Å²) in [6.07, 6.45) is 0.713. The van der Waals surface area contributed by atoms with Crippen LogP contribution in [0.4, 0.5) is 10.1 Å². The van der Waals surface area contributed by atoms with Gasteiger partial charge in [-0.25, -0.2) is 4.39 Å². The first-order chi connectivity index (χ1) is 13.9. The predicted molar refractivity (Wildman–Crippen MR) is 111 cm³/mol. The average Bonchev–Trinajstić information content (AvgIpc) is 2.73. The van der Waals surface area contributed by atoms with E-state index in [1.165, 1.54) is 12.1 Å². The van der Waals surface area contributed by atoms with E-state index in [-0.39, 0.29) is 34.6 Å². The molecule has 9 heteroatoms. The molecule has 2 aromatic carbocycles. The van der Waals surface area contributed by atoms with Gasteiger partial charge in [0.2, 0.25) is 11.8 Å². The van der Waals surface area contributed by atoms with Crippen LogP contribution in [-0.4, -0.2) is 30.4 Å². The molecule has 0 radical (unpaired) electrons. The van der Waals surface area contributed by atoms with E-state index in [1.54, 1.807) is 0 Å². The third-order valence-corrected chi connectivity index (χ3v) is 5.56. The van der Waals surface area contributed by atoms with E-state index in [4.69, 9.17) is 28.9 Å². The van der Waals surface area contributed by atoms with Crippen LogP contribution in [0.25, 0.3) is 0 Å². The number of benzene rings is 2. The summed E-state index contributed by atoms with van der Waals surface area (Å²) in [4.78, 5) is 25.3. The number of amides is 2. The van der Waals surface area contributed by atoms with E-state index >= 15 is 0 Å². The van der Waals surface area contributed by atoms with Crippen LogP contribution in [-0.2, 0) is 22.6 Å². The summed E-state index contributed by atoms with van der Waals surface area (Å²) in [5.41, 5.74) is 7.70. The zero-order valence-electron chi connectivity index (χ0n) is 15.5. The molecule has 5 N–H and O–H groups in total. The first-order valence-electron chi connectivity index (χ1n) is 9.15. The number of hydrogen-bond donors (Lipinski definition) is 4. The Morgan fingerprint density at radius 2 is 1.93 bits per heavy atom. The first-order valence-corrected chi connectivity index (χ1v) is 9.91. The van der Waals surface area contributed by atoms with Crippen LogP contribution >= 0.6 is 23.2 Å². The Bertz CT molecular complexity index is 925. The lowest BCUT2D eigenvalue weighted by Gasteiger charge is -2.27. The Morgan fingerprint density at radius 1 is 1.21 bits per heavy atom. The van der Waals surface area contributed by atoms with E-state index in [1.807, 2.05) is 24.3 Å². The molecule has 2 aromatic rings. The number of nitrogens with one attached hydrogen (secondary N) is 3. The average molecular weight is 439 g/mol. The standard InChI is InChI=1S/C20H21Cl2FN4O2/c21-13-5-6-14(18(23)17(13)22)26-19(28)15(7-8-24)27-20(29)16-9-11-3-1-2-4-12(11)10-25-16/h1-6,15-16,25H,7-10,24H2,(H,26,28)(H,27,29)/t15-,16-/m0/s1. The van der Waals surface area contributed by atoms with Crippen molar-refractivity contribution < 1.29 is 14.0 Å². The molecule has 29 heavy (non-hydrogen) atoms. The molecular formula is C20H21Cl2FN4O2. The van der Waals surface area contributed by atoms with E-state index < -0.39 is 23.8 Å². The summed E-state index contributed by atoms with van der Waals surface area (Å²) in [5, 5.41) is 8.07. The first kappa shape index (κ1) is 21.5. The Hall–Kier alpha value is -2.19. The van der Waals surface area contributed by atoms with Crippen LogP contribution in [0.5, 0.6) is 0 Å². The fourth-order valence-corrected chi connectivity index (χ4v) is 3.50. The molecule has 0 fully saturated rings. The number of nitrogens with two attached hydrogens (primary N) is 1. The summed E-state index contributed by atoms with van der Waals surface area (Å²) in [7, 11) is 0. The Labute approximate surface area is 177 Å². The lowest BCUT2D eigenvalue weighted by atomic mass is 9.95. The Balaban J connectivity index is 1.67. The van der Waals surface area contributed by atoms with Gasteiger partial charge < -0.3 is 21.7 Å². The van der Waals surface area contributed by atoms with Crippen LogP contribution in [0.2, 0.25) is 10.0 Å². The second-order valence-corrected chi connectivity index (χ2v) is 7.54. The van der Waals surface area contributed by atoms with Gasteiger partial charge in [0.1, 0.15) is 6.04 Å². The van der Waals surface area contributed by atoms with E-state index in [0.717, 1.165) is 11.1 Å². The van der Waals surface area contributed by atoms with Crippen LogP contribution in [0.1, 0.15) is 17.5 Å². The minimum Gasteiger partial charge on any atom is -0.343 e. The highest BCUT2D eigenvalue weighted by Gasteiger charge is 2.28. The largest absolute Gasteiger partial charge is 0.343 e. The quantitative estimate of drug-likeness (QED) is 0.521. The fraction of sp³-hybridized carbons (Fsp3) is 0.300. The number of halogens is 3. The van der Waals surface area contributed by atoms with Crippen molar-refractivity contribution in [3.63, 3.8) is 0 Å². The van der Waals surface area contributed by atoms with Gasteiger partial charge in [0.05, 0.1) is 21.8 Å². The lowest BCUT2D eigenvalue weighted by Crippen LogP contribution is -2.53. The molecular weight excluding hydrogens is 418 g/mol. The van der Waals surface area contributed by atoms with E-state index in [0.29, 0.717) is 13.0 Å². The zero-order valence-corrected chi connectivity index (χ0v) is 17.0. The van der Waals surface area contributed by atoms with Gasteiger partial charge in [-0.1, -0.05) is 47.5 Å². The van der Waals surface area contributed by atoms with Crippen LogP contribution in [0, 0.1) is 5.82 Å². The molecule has 1 heterocycles. The number of rotatable bonds is 6. The van der Waals surface area contributed by atoms with Crippen molar-refractivity contribution in [3.05, 3.63) is 63.4 Å². The van der Waals surface area contributed by atoms with Crippen molar-refractivity contribution >= 4 is 40.7 Å². The molecule has 0 saturated carbocycles. The van der Waals surface area contributed by atoms with E-state index in [2.05, 4.69) is 16.0 Å². The van der Waals surface area contributed by atoms with Crippen molar-refractivity contribution in [2.24, 2.45) is 5.73 Å². The summed E-state index contributed by atoms with van der Waals surface area (Å²) in [6, 6.07) is 9.16. The maximum Gasteiger partial charge on any atom is 0.247 e. The van der Waals surface area contributed by atoms with Crippen molar-refractivity contribution in [2.45, 2.75) is 31.5 Å². The molecule has 3 rings (SSSR count). The minimum absolute atomic E-state index is 0.0395. The van der Waals surface area contributed by atoms with Gasteiger partial charge in [0.15, 0.2) is 5.82 Å². The molecule has 6 nitrogen and oxygen atoms in total. The monoisotopic (exact) mass is 438 g/mol. The molecule has 0 aliphatic carbocycles. The number of hydrogen-bond acceptors (Lipinski definition) is 4. The van der Waals surface area contributed by atoms with Crippen LogP contribution < -0.4 is 21.7 Å². The maximum atomic E-state index is 14.2. The third kappa shape index (κ3) is 5.05. The molecule has 0 bridgehead atoms. The van der Waals surface area contributed by atoms with Gasteiger partial charge in [-0.3, -0.25) is 9.59 Å². The molecule has 2 atom stereocenters. The normalized spacial score (nSPS) is 16.6. The Morgan fingerprint density at radius 3 is 2.66 bits per heavy atom. The topological polar surface area (TPSA) is 96.2 Å². The molecule has 0 unspecified atom stereocenters. The van der Waals surface area contributed by atoms with Crippen LogP contribution in [0.15, 0.2) is 36.4 Å². The lowest BCUT2D eigenvalue weighted by molar-refractivity contribution is -0.128. The third-order valence-electron chi connectivity index (χ3n) is 4.78. The molecule has 0 saturated heterocycles. The highest BCUT2D eigenvalue weighted by molar-refractivity contribution is 6.42.